The van der Waals surface area contributed by atoms with Crippen molar-refractivity contribution in [3.05, 3.63) is 45.9 Å². The smallest absolute Gasteiger partial charge is 0.108 e. The molecular weight excluding hydrogens is 258 g/mol. The number of rotatable bonds is 1. The van der Waals surface area contributed by atoms with Gasteiger partial charge in [-0.15, -0.1) is 4.91 Å². The lowest BCUT2D eigenvalue weighted by Crippen LogP contribution is -2.40. The minimum atomic E-state index is 0.447. The molecule has 4 atom stereocenters. The summed E-state index contributed by atoms with van der Waals surface area (Å²) >= 11 is 0. The van der Waals surface area contributed by atoms with E-state index in [2.05, 4.69) is 31.2 Å². The summed E-state index contributed by atoms with van der Waals surface area (Å²) in [5.74, 6) is 2.35. The summed E-state index contributed by atoms with van der Waals surface area (Å²) in [6.45, 7) is 4.82. The third kappa shape index (κ3) is 1.77. The molecule has 0 saturated heterocycles. The van der Waals surface area contributed by atoms with Crippen LogP contribution in [0.4, 0.5) is 5.69 Å². The lowest BCUT2D eigenvalue weighted by atomic mass is 9.54. The third-order valence-corrected chi connectivity index (χ3v) is 6.78. The summed E-state index contributed by atoms with van der Waals surface area (Å²) in [7, 11) is 0. The molecule has 3 unspecified atom stereocenters. The van der Waals surface area contributed by atoms with Crippen LogP contribution in [-0.2, 0) is 6.42 Å². The molecule has 1 aromatic carbocycles. The number of nitroso groups, excluding NO2 is 1. The largest absolute Gasteiger partial charge is 0.145 e. The summed E-state index contributed by atoms with van der Waals surface area (Å²) in [5.41, 5.74) is 5.54. The molecule has 2 heteroatoms. The number of allylic oxidation sites excluding steroid dienone is 2. The van der Waals surface area contributed by atoms with E-state index in [9.17, 15) is 4.91 Å². The zero-order chi connectivity index (χ0) is 14.6. The second-order valence-corrected chi connectivity index (χ2v) is 7.47. The normalized spacial score (nSPS) is 37.2. The molecule has 3 aliphatic carbocycles. The standard InChI is InChI=1S/C19H23NO/c1-12-3-8-18-17-6-4-13-11-14(20-21)5-7-15(13)16(17)9-10-19(12,18)2/h3,5,7,11,16-18H,4,6,8-10H2,1-2H3/t16?,17?,18?,19-/m1/s1. The molecule has 1 saturated carbocycles. The molecule has 0 spiro atoms. The van der Waals surface area contributed by atoms with Crippen LogP contribution in [0.15, 0.2) is 35.0 Å². The van der Waals surface area contributed by atoms with E-state index in [1.54, 1.807) is 5.57 Å². The van der Waals surface area contributed by atoms with E-state index in [4.69, 9.17) is 0 Å². The highest BCUT2D eigenvalue weighted by Crippen LogP contribution is 2.60. The van der Waals surface area contributed by atoms with Gasteiger partial charge in [0.15, 0.2) is 0 Å². The van der Waals surface area contributed by atoms with Gasteiger partial charge in [-0.1, -0.05) is 24.6 Å². The monoisotopic (exact) mass is 281 g/mol. The number of fused-ring (bicyclic) bond motifs is 5. The summed E-state index contributed by atoms with van der Waals surface area (Å²) < 4.78 is 0. The first-order valence-electron chi connectivity index (χ1n) is 8.27. The van der Waals surface area contributed by atoms with Crippen molar-refractivity contribution in [2.75, 3.05) is 0 Å². The van der Waals surface area contributed by atoms with Gasteiger partial charge in [0.1, 0.15) is 5.69 Å². The summed E-state index contributed by atoms with van der Waals surface area (Å²) in [5, 5.41) is 3.10. The predicted octanol–water partition coefficient (Wildman–Crippen LogP) is 5.50. The molecule has 0 aliphatic heterocycles. The molecule has 0 heterocycles. The molecule has 1 aromatic rings. The molecule has 0 bridgehead atoms. The quantitative estimate of drug-likeness (QED) is 0.494. The third-order valence-electron chi connectivity index (χ3n) is 6.78. The molecule has 1 fully saturated rings. The first-order chi connectivity index (χ1) is 10.1. The molecule has 0 amide bonds. The van der Waals surface area contributed by atoms with Gasteiger partial charge in [0.2, 0.25) is 0 Å². The molecule has 110 valence electrons. The lowest BCUT2D eigenvalue weighted by molar-refractivity contribution is 0.0754. The molecular formula is C19H23NO. The zero-order valence-electron chi connectivity index (χ0n) is 12.9. The van der Waals surface area contributed by atoms with Gasteiger partial charge in [0.25, 0.3) is 0 Å². The highest BCUT2D eigenvalue weighted by molar-refractivity contribution is 5.47. The Morgan fingerprint density at radius 2 is 2.14 bits per heavy atom. The van der Waals surface area contributed by atoms with Crippen molar-refractivity contribution >= 4 is 5.69 Å². The molecule has 21 heavy (non-hydrogen) atoms. The summed E-state index contributed by atoms with van der Waals surface area (Å²) in [4.78, 5) is 10.7. The number of hydrogen-bond acceptors (Lipinski definition) is 2. The molecule has 4 rings (SSSR count). The maximum absolute atomic E-state index is 10.7. The number of hydrogen-bond donors (Lipinski definition) is 0. The van der Waals surface area contributed by atoms with Crippen LogP contribution in [-0.4, -0.2) is 0 Å². The lowest BCUT2D eigenvalue weighted by Gasteiger charge is -2.50. The van der Waals surface area contributed by atoms with Crippen molar-refractivity contribution in [3.63, 3.8) is 0 Å². The topological polar surface area (TPSA) is 29.4 Å². The van der Waals surface area contributed by atoms with E-state index in [1.807, 2.05) is 12.1 Å². The molecule has 0 radical (unpaired) electrons. The first kappa shape index (κ1) is 13.2. The van der Waals surface area contributed by atoms with Crippen LogP contribution in [0.2, 0.25) is 0 Å². The van der Waals surface area contributed by atoms with Crippen LogP contribution in [0.5, 0.6) is 0 Å². The number of benzene rings is 1. The van der Waals surface area contributed by atoms with Crippen LogP contribution in [0.25, 0.3) is 0 Å². The predicted molar refractivity (Wildman–Crippen MR) is 85.7 cm³/mol. The van der Waals surface area contributed by atoms with Crippen LogP contribution in [0.3, 0.4) is 0 Å². The Morgan fingerprint density at radius 1 is 1.29 bits per heavy atom. The summed E-state index contributed by atoms with van der Waals surface area (Å²) in [6.07, 6.45) is 8.76. The second kappa shape index (κ2) is 4.53. The minimum absolute atomic E-state index is 0.447. The van der Waals surface area contributed by atoms with E-state index in [1.165, 1.54) is 36.8 Å². The van der Waals surface area contributed by atoms with Crippen molar-refractivity contribution in [1.29, 1.82) is 0 Å². The molecule has 0 N–H and O–H groups in total. The average Bonchev–Trinajstić information content (AvgIpc) is 2.82. The Kier molecular flexibility index (Phi) is 2.85. The Bertz CT molecular complexity index is 632. The number of aryl methyl sites for hydroxylation is 1. The number of nitrogens with zero attached hydrogens (tertiary/aromatic N) is 1. The second-order valence-electron chi connectivity index (χ2n) is 7.47. The van der Waals surface area contributed by atoms with Crippen LogP contribution in [0, 0.1) is 22.2 Å². The van der Waals surface area contributed by atoms with E-state index < -0.39 is 0 Å². The van der Waals surface area contributed by atoms with Gasteiger partial charge >= 0.3 is 0 Å². The maximum Gasteiger partial charge on any atom is 0.108 e. The summed E-state index contributed by atoms with van der Waals surface area (Å²) in [6, 6.07) is 6.10. The highest BCUT2D eigenvalue weighted by atomic mass is 16.3. The van der Waals surface area contributed by atoms with Crippen molar-refractivity contribution in [2.45, 2.75) is 51.9 Å². The van der Waals surface area contributed by atoms with Gasteiger partial charge in [-0.3, -0.25) is 0 Å². The Labute approximate surface area is 126 Å². The van der Waals surface area contributed by atoms with Gasteiger partial charge in [0.05, 0.1) is 0 Å². The van der Waals surface area contributed by atoms with E-state index >= 15 is 0 Å². The first-order valence-corrected chi connectivity index (χ1v) is 8.27. The van der Waals surface area contributed by atoms with E-state index in [0.29, 0.717) is 17.0 Å². The Balaban J connectivity index is 1.71. The van der Waals surface area contributed by atoms with Crippen LogP contribution < -0.4 is 0 Å². The average molecular weight is 281 g/mol. The van der Waals surface area contributed by atoms with Crippen LogP contribution in [0.1, 0.15) is 56.6 Å². The Hall–Kier alpha value is -1.44. The van der Waals surface area contributed by atoms with Gasteiger partial charge in [-0.2, -0.15) is 0 Å². The van der Waals surface area contributed by atoms with Crippen molar-refractivity contribution in [2.24, 2.45) is 22.4 Å². The molecule has 3 aliphatic rings. The van der Waals surface area contributed by atoms with Crippen molar-refractivity contribution in [3.8, 4) is 0 Å². The van der Waals surface area contributed by atoms with E-state index in [0.717, 1.165) is 18.3 Å². The van der Waals surface area contributed by atoms with Gasteiger partial charge in [0, 0.05) is 0 Å². The van der Waals surface area contributed by atoms with Crippen LogP contribution >= 0.6 is 0 Å². The molecule has 2 nitrogen and oxygen atoms in total. The Morgan fingerprint density at radius 3 is 2.95 bits per heavy atom. The fourth-order valence-electron chi connectivity index (χ4n) is 5.41. The fraction of sp³-hybridized carbons (Fsp3) is 0.579. The molecule has 0 aromatic heterocycles. The van der Waals surface area contributed by atoms with Crippen molar-refractivity contribution in [1.82, 2.24) is 0 Å². The fourth-order valence-corrected chi connectivity index (χ4v) is 5.41. The minimum Gasteiger partial charge on any atom is -0.145 e. The van der Waals surface area contributed by atoms with Gasteiger partial charge in [-0.05, 0) is 90.6 Å². The maximum atomic E-state index is 10.7. The van der Waals surface area contributed by atoms with Crippen molar-refractivity contribution < 1.29 is 0 Å². The SMILES string of the molecule is CC1=CCC2C3CCc4cc(N=O)ccc4C3CC[C@]12C. The van der Waals surface area contributed by atoms with Gasteiger partial charge < -0.3 is 0 Å². The van der Waals surface area contributed by atoms with Gasteiger partial charge in [-0.25, -0.2) is 0 Å². The zero-order valence-corrected chi connectivity index (χ0v) is 12.9. The highest BCUT2D eigenvalue weighted by Gasteiger charge is 2.50. The van der Waals surface area contributed by atoms with E-state index in [-0.39, 0.29) is 0 Å².